The van der Waals surface area contributed by atoms with Crippen LogP contribution in [0.15, 0.2) is 35.2 Å². The van der Waals surface area contributed by atoms with Crippen molar-refractivity contribution >= 4 is 15.9 Å². The predicted octanol–water partition coefficient (Wildman–Crippen LogP) is 4.01. The van der Waals surface area contributed by atoms with Crippen molar-refractivity contribution in [1.29, 1.82) is 0 Å². The monoisotopic (exact) mass is 500 g/mol. The molecule has 0 bridgehead atoms. The van der Waals surface area contributed by atoms with Gasteiger partial charge in [0.25, 0.3) is 5.91 Å². The number of carbonyl (C=O) groups excluding carboxylic acids is 1. The largest absolute Gasteiger partial charge is 0.496 e. The number of aryl methyl sites for hydroxylation is 2. The van der Waals surface area contributed by atoms with Gasteiger partial charge in [-0.3, -0.25) is 4.79 Å². The van der Waals surface area contributed by atoms with E-state index in [0.29, 0.717) is 42.4 Å². The molecule has 0 N–H and O–H groups in total. The molecule has 0 radical (unpaired) electrons. The fourth-order valence-electron chi connectivity index (χ4n) is 5.45. The fraction of sp³-hybridized carbons (Fsp3) is 0.519. The van der Waals surface area contributed by atoms with E-state index in [0.717, 1.165) is 41.7 Å². The summed E-state index contributed by atoms with van der Waals surface area (Å²) in [5.74, 6) is 1.41. The van der Waals surface area contributed by atoms with E-state index in [2.05, 4.69) is 0 Å². The molecule has 0 aromatic heterocycles. The summed E-state index contributed by atoms with van der Waals surface area (Å²) in [7, 11) is -2.02. The molecule has 4 rings (SSSR count). The molecule has 2 aromatic rings. The Morgan fingerprint density at radius 3 is 2.26 bits per heavy atom. The maximum absolute atomic E-state index is 13.7. The molecule has 0 saturated carbocycles. The first-order chi connectivity index (χ1) is 16.6. The Bertz CT molecular complexity index is 1220. The maximum atomic E-state index is 13.7. The normalized spacial score (nSPS) is 18.1. The van der Waals surface area contributed by atoms with Crippen molar-refractivity contribution in [3.63, 3.8) is 0 Å². The number of nitrogens with zero attached hydrogens (tertiary/aromatic N) is 2. The number of ether oxygens (including phenoxy) is 2. The third-order valence-electron chi connectivity index (χ3n) is 7.82. The van der Waals surface area contributed by atoms with E-state index in [-0.39, 0.29) is 17.9 Å². The number of hydrogen-bond acceptors (Lipinski definition) is 5. The van der Waals surface area contributed by atoms with Gasteiger partial charge in [0.15, 0.2) is 6.61 Å². The lowest BCUT2D eigenvalue weighted by Crippen LogP contribution is -2.46. The van der Waals surface area contributed by atoms with Gasteiger partial charge in [-0.1, -0.05) is 18.2 Å². The summed E-state index contributed by atoms with van der Waals surface area (Å²) in [5, 5.41) is 0. The Balaban J connectivity index is 1.40. The zero-order valence-electron chi connectivity index (χ0n) is 21.4. The fourth-order valence-corrected chi connectivity index (χ4v) is 7.49. The number of benzene rings is 2. The van der Waals surface area contributed by atoms with E-state index in [1.54, 1.807) is 11.4 Å². The standard InChI is InChI=1S/C27H36N2O5S/c1-19-8-6-7-9-23(19)34-17-25(30)28-13-10-27(11-14-28)12-15-29(18-27)35(31,32)26-20(2)16-24(33-5)21(3)22(26)4/h6-9,16H,10-15,17-18H2,1-5H3. The minimum atomic E-state index is -3.62. The molecule has 0 unspecified atom stereocenters. The van der Waals surface area contributed by atoms with Crippen LogP contribution in [0.25, 0.3) is 0 Å². The molecule has 35 heavy (non-hydrogen) atoms. The van der Waals surface area contributed by atoms with Crippen molar-refractivity contribution < 1.29 is 22.7 Å². The lowest BCUT2D eigenvalue weighted by atomic mass is 9.78. The van der Waals surface area contributed by atoms with Gasteiger partial charge in [0.2, 0.25) is 10.0 Å². The Kier molecular flexibility index (Phi) is 7.16. The van der Waals surface area contributed by atoms with Gasteiger partial charge in [0.1, 0.15) is 11.5 Å². The molecule has 2 aliphatic rings. The predicted molar refractivity (Wildman–Crippen MR) is 136 cm³/mol. The smallest absolute Gasteiger partial charge is 0.260 e. The van der Waals surface area contributed by atoms with Crippen LogP contribution in [0.1, 0.15) is 41.5 Å². The molecule has 2 saturated heterocycles. The Labute approximate surface area is 209 Å². The lowest BCUT2D eigenvalue weighted by Gasteiger charge is -2.39. The first kappa shape index (κ1) is 25.5. The molecule has 190 valence electrons. The minimum Gasteiger partial charge on any atom is -0.496 e. The minimum absolute atomic E-state index is 0.0216. The summed E-state index contributed by atoms with van der Waals surface area (Å²) in [5.41, 5.74) is 3.23. The highest BCUT2D eigenvalue weighted by molar-refractivity contribution is 7.89. The van der Waals surface area contributed by atoms with Crippen LogP contribution in [0.5, 0.6) is 11.5 Å². The van der Waals surface area contributed by atoms with Gasteiger partial charge in [-0.15, -0.1) is 0 Å². The molecule has 1 spiro atoms. The quantitative estimate of drug-likeness (QED) is 0.599. The van der Waals surface area contributed by atoms with E-state index < -0.39 is 10.0 Å². The Morgan fingerprint density at radius 1 is 0.943 bits per heavy atom. The van der Waals surface area contributed by atoms with Gasteiger partial charge in [-0.25, -0.2) is 8.42 Å². The number of hydrogen-bond donors (Lipinski definition) is 0. The molecule has 7 nitrogen and oxygen atoms in total. The van der Waals surface area contributed by atoms with Crippen LogP contribution in [-0.2, 0) is 14.8 Å². The summed E-state index contributed by atoms with van der Waals surface area (Å²) in [6.45, 7) is 9.83. The zero-order valence-corrected chi connectivity index (χ0v) is 22.2. The average Bonchev–Trinajstić information content (AvgIpc) is 3.25. The zero-order chi connectivity index (χ0) is 25.4. The molecular weight excluding hydrogens is 464 g/mol. The molecule has 8 heteroatoms. The third-order valence-corrected chi connectivity index (χ3v) is 9.96. The van der Waals surface area contributed by atoms with Crippen LogP contribution in [0, 0.1) is 33.1 Å². The van der Waals surface area contributed by atoms with Crippen molar-refractivity contribution in [1.82, 2.24) is 9.21 Å². The summed E-state index contributed by atoms with van der Waals surface area (Å²) < 4.78 is 40.2. The van der Waals surface area contributed by atoms with Crippen LogP contribution in [0.4, 0.5) is 0 Å². The van der Waals surface area contributed by atoms with Gasteiger partial charge in [-0.2, -0.15) is 4.31 Å². The SMILES string of the molecule is COc1cc(C)c(S(=O)(=O)N2CCC3(CCN(C(=O)COc4ccccc4C)CC3)C2)c(C)c1C. The van der Waals surface area contributed by atoms with E-state index in [9.17, 15) is 13.2 Å². The van der Waals surface area contributed by atoms with Crippen LogP contribution < -0.4 is 9.47 Å². The summed E-state index contributed by atoms with van der Waals surface area (Å²) in [6.07, 6.45) is 2.42. The summed E-state index contributed by atoms with van der Waals surface area (Å²) in [6, 6.07) is 9.48. The second-order valence-corrected chi connectivity index (χ2v) is 11.9. The average molecular weight is 501 g/mol. The number of likely N-dealkylation sites (tertiary alicyclic amines) is 1. The lowest BCUT2D eigenvalue weighted by molar-refractivity contribution is -0.135. The van der Waals surface area contributed by atoms with E-state index in [1.165, 1.54) is 0 Å². The molecule has 1 amide bonds. The number of piperidine rings is 1. The van der Waals surface area contributed by atoms with Crippen molar-refractivity contribution in [2.24, 2.45) is 5.41 Å². The maximum Gasteiger partial charge on any atom is 0.260 e. The van der Waals surface area contributed by atoms with Gasteiger partial charge >= 0.3 is 0 Å². The van der Waals surface area contributed by atoms with Crippen LogP contribution >= 0.6 is 0 Å². The topological polar surface area (TPSA) is 76.2 Å². The number of carbonyl (C=O) groups is 1. The number of methoxy groups -OCH3 is 1. The van der Waals surface area contributed by atoms with Crippen LogP contribution in [0.2, 0.25) is 0 Å². The molecule has 0 aliphatic carbocycles. The van der Waals surface area contributed by atoms with Crippen molar-refractivity contribution in [2.75, 3.05) is 39.9 Å². The highest BCUT2D eigenvalue weighted by atomic mass is 32.2. The van der Waals surface area contributed by atoms with Gasteiger partial charge < -0.3 is 14.4 Å². The summed E-state index contributed by atoms with van der Waals surface area (Å²) in [4.78, 5) is 15.0. The first-order valence-electron chi connectivity index (χ1n) is 12.2. The van der Waals surface area contributed by atoms with Crippen LogP contribution in [0.3, 0.4) is 0 Å². The summed E-state index contributed by atoms with van der Waals surface area (Å²) >= 11 is 0. The Morgan fingerprint density at radius 2 is 1.60 bits per heavy atom. The van der Waals surface area contributed by atoms with Crippen molar-refractivity contribution in [3.05, 3.63) is 52.6 Å². The molecule has 2 heterocycles. The van der Waals surface area contributed by atoms with Crippen molar-refractivity contribution in [2.45, 2.75) is 51.9 Å². The van der Waals surface area contributed by atoms with Gasteiger partial charge in [0, 0.05) is 26.2 Å². The molecule has 2 aliphatic heterocycles. The van der Waals surface area contributed by atoms with Gasteiger partial charge in [0.05, 0.1) is 12.0 Å². The van der Waals surface area contributed by atoms with E-state index in [1.807, 2.05) is 62.9 Å². The number of amides is 1. The first-order valence-corrected chi connectivity index (χ1v) is 13.6. The van der Waals surface area contributed by atoms with E-state index in [4.69, 9.17) is 9.47 Å². The molecule has 2 fully saturated rings. The molecule has 0 atom stereocenters. The second-order valence-electron chi connectivity index (χ2n) is 10.00. The highest BCUT2D eigenvalue weighted by Crippen LogP contribution is 2.43. The Hall–Kier alpha value is -2.58. The number of para-hydroxylation sites is 1. The molecule has 2 aromatic carbocycles. The second kappa shape index (κ2) is 9.82. The van der Waals surface area contributed by atoms with Crippen molar-refractivity contribution in [3.8, 4) is 11.5 Å². The number of sulfonamides is 1. The van der Waals surface area contributed by atoms with E-state index >= 15 is 0 Å². The van der Waals surface area contributed by atoms with Gasteiger partial charge in [-0.05, 0) is 86.8 Å². The molecular formula is C27H36N2O5S. The van der Waals surface area contributed by atoms with Crippen LogP contribution in [-0.4, -0.2) is 63.4 Å². The third kappa shape index (κ3) is 4.91. The number of rotatable bonds is 6. The highest BCUT2D eigenvalue weighted by Gasteiger charge is 2.45.